The zero-order valence-corrected chi connectivity index (χ0v) is 8.77. The number of H-pyrrole nitrogens is 1. The van der Waals surface area contributed by atoms with Gasteiger partial charge in [-0.05, 0) is 24.7 Å². The zero-order valence-electron chi connectivity index (χ0n) is 8.77. The second kappa shape index (κ2) is 3.88. The summed E-state index contributed by atoms with van der Waals surface area (Å²) < 4.78 is 0. The molecule has 0 aromatic carbocycles. The molecule has 6 nitrogen and oxygen atoms in total. The molecule has 0 amide bonds. The van der Waals surface area contributed by atoms with Crippen molar-refractivity contribution in [1.82, 2.24) is 9.97 Å². The number of aromatic amines is 1. The normalized spacial score (nSPS) is 25.7. The minimum atomic E-state index is 0.477. The maximum atomic E-state index is 5.62. The lowest BCUT2D eigenvalue weighted by Crippen LogP contribution is -2.25. The molecular weight excluding hydrogens is 192 g/mol. The van der Waals surface area contributed by atoms with Gasteiger partial charge in [0.1, 0.15) is 0 Å². The fourth-order valence-corrected chi connectivity index (χ4v) is 2.14. The third-order valence-corrected chi connectivity index (χ3v) is 3.07. The molecule has 1 aromatic heterocycles. The Bertz CT molecular complexity index is 369. The number of anilines is 1. The Balaban J connectivity index is 2.14. The number of hydrogen-bond acceptors (Lipinski definition) is 4. The highest BCUT2D eigenvalue weighted by molar-refractivity contribution is 5.28. The highest BCUT2D eigenvalue weighted by atomic mass is 15.3. The molecule has 1 unspecified atom stereocenters. The summed E-state index contributed by atoms with van der Waals surface area (Å²) in [5.74, 6) is 6.54. The van der Waals surface area contributed by atoms with Gasteiger partial charge in [0.15, 0.2) is 5.95 Å². The van der Waals surface area contributed by atoms with Gasteiger partial charge in [-0.25, -0.2) is 4.98 Å². The first-order valence-corrected chi connectivity index (χ1v) is 5.10. The molecule has 1 heterocycles. The molecule has 0 fully saturated rings. The largest absolute Gasteiger partial charge is 0.369 e. The molecule has 82 valence electrons. The smallest absolute Gasteiger partial charge is 0.197 e. The summed E-state index contributed by atoms with van der Waals surface area (Å²) in [6.07, 6.45) is 1.88. The van der Waals surface area contributed by atoms with Crippen LogP contribution in [0.2, 0.25) is 0 Å². The molecule has 15 heavy (non-hydrogen) atoms. The Kier molecular flexibility index (Phi) is 2.57. The van der Waals surface area contributed by atoms with Crippen LogP contribution in [0.3, 0.4) is 0 Å². The maximum Gasteiger partial charge on any atom is 0.197 e. The lowest BCUT2D eigenvalue weighted by molar-refractivity contribution is 0.332. The number of hydrogen-bond donors (Lipinski definition) is 3. The average Bonchev–Trinajstić information content (AvgIpc) is 2.53. The van der Waals surface area contributed by atoms with Crippen LogP contribution in [0.1, 0.15) is 18.3 Å². The van der Waals surface area contributed by atoms with Crippen molar-refractivity contribution in [2.24, 2.45) is 28.0 Å². The van der Waals surface area contributed by atoms with Crippen molar-refractivity contribution in [3.05, 3.63) is 11.4 Å². The standard InChI is InChI=1S/C9H16N6/c1-5-2-7-8(14-9(10)13-7)3-6(5)4-12-15-11/h5-6H,2-4H2,1H3,(H2,11,12)(H3,10,13,14)/t5?,6-/m0/s1. The highest BCUT2D eigenvalue weighted by Gasteiger charge is 2.27. The second-order valence-corrected chi connectivity index (χ2v) is 4.13. The lowest BCUT2D eigenvalue weighted by atomic mass is 9.81. The number of aromatic nitrogens is 2. The van der Waals surface area contributed by atoms with Gasteiger partial charge in [0, 0.05) is 5.69 Å². The molecule has 2 atom stereocenters. The van der Waals surface area contributed by atoms with E-state index in [1.807, 2.05) is 0 Å². The topological polar surface area (TPSA) is 105 Å². The number of nitrogens with two attached hydrogens (primary N) is 2. The van der Waals surface area contributed by atoms with Gasteiger partial charge in [-0.15, -0.1) is 0 Å². The molecule has 0 bridgehead atoms. The minimum absolute atomic E-state index is 0.477. The van der Waals surface area contributed by atoms with E-state index in [-0.39, 0.29) is 0 Å². The van der Waals surface area contributed by atoms with Gasteiger partial charge >= 0.3 is 0 Å². The summed E-state index contributed by atoms with van der Waals surface area (Å²) in [5, 5.41) is 7.16. The van der Waals surface area contributed by atoms with E-state index < -0.39 is 0 Å². The Hall–Kier alpha value is -1.59. The van der Waals surface area contributed by atoms with Crippen LogP contribution < -0.4 is 11.6 Å². The van der Waals surface area contributed by atoms with E-state index in [4.69, 9.17) is 11.6 Å². The van der Waals surface area contributed by atoms with Crippen LogP contribution in [0.4, 0.5) is 5.95 Å². The average molecular weight is 208 g/mol. The van der Waals surface area contributed by atoms with E-state index in [1.54, 1.807) is 0 Å². The zero-order chi connectivity index (χ0) is 10.8. The third kappa shape index (κ3) is 1.93. The van der Waals surface area contributed by atoms with Gasteiger partial charge in [-0.1, -0.05) is 12.1 Å². The molecule has 0 aliphatic heterocycles. The molecule has 0 radical (unpaired) electrons. The first-order valence-electron chi connectivity index (χ1n) is 5.10. The van der Waals surface area contributed by atoms with Gasteiger partial charge in [-0.3, -0.25) is 0 Å². The van der Waals surface area contributed by atoms with Gasteiger partial charge in [0.2, 0.25) is 0 Å². The Labute approximate surface area is 88.1 Å². The fourth-order valence-electron chi connectivity index (χ4n) is 2.14. The van der Waals surface area contributed by atoms with E-state index >= 15 is 0 Å². The first kappa shape index (κ1) is 9.95. The summed E-state index contributed by atoms with van der Waals surface area (Å²) in [5.41, 5.74) is 7.86. The van der Waals surface area contributed by atoms with Crippen molar-refractivity contribution in [3.63, 3.8) is 0 Å². The van der Waals surface area contributed by atoms with E-state index in [0.29, 0.717) is 24.3 Å². The molecule has 1 aliphatic rings. The maximum absolute atomic E-state index is 5.62. The summed E-state index contributed by atoms with van der Waals surface area (Å²) in [6, 6.07) is 0. The van der Waals surface area contributed by atoms with Crippen molar-refractivity contribution < 1.29 is 0 Å². The van der Waals surface area contributed by atoms with E-state index in [2.05, 4.69) is 27.2 Å². The van der Waals surface area contributed by atoms with Crippen molar-refractivity contribution in [2.75, 3.05) is 12.3 Å². The predicted molar refractivity (Wildman–Crippen MR) is 57.0 cm³/mol. The van der Waals surface area contributed by atoms with Gasteiger partial charge in [0.25, 0.3) is 0 Å². The van der Waals surface area contributed by atoms with Crippen LogP contribution in [-0.4, -0.2) is 16.5 Å². The summed E-state index contributed by atoms with van der Waals surface area (Å²) in [7, 11) is 0. The molecule has 2 rings (SSSR count). The van der Waals surface area contributed by atoms with Crippen LogP contribution in [0.25, 0.3) is 0 Å². The molecule has 1 aromatic rings. The van der Waals surface area contributed by atoms with Crippen molar-refractivity contribution in [2.45, 2.75) is 19.8 Å². The van der Waals surface area contributed by atoms with Crippen molar-refractivity contribution in [3.8, 4) is 0 Å². The van der Waals surface area contributed by atoms with Gasteiger partial charge in [-0.2, -0.15) is 5.11 Å². The number of imidazole rings is 1. The first-order chi connectivity index (χ1) is 7.20. The van der Waals surface area contributed by atoms with Crippen LogP contribution in [0.5, 0.6) is 0 Å². The van der Waals surface area contributed by atoms with Crippen LogP contribution in [-0.2, 0) is 12.8 Å². The molecule has 1 aliphatic carbocycles. The minimum Gasteiger partial charge on any atom is -0.369 e. The Morgan fingerprint density at radius 1 is 1.53 bits per heavy atom. The molecule has 0 saturated heterocycles. The second-order valence-electron chi connectivity index (χ2n) is 4.13. The highest BCUT2D eigenvalue weighted by Crippen LogP contribution is 2.29. The summed E-state index contributed by atoms with van der Waals surface area (Å²) in [4.78, 5) is 7.35. The third-order valence-electron chi connectivity index (χ3n) is 3.07. The predicted octanol–water partition coefficient (Wildman–Crippen LogP) is 0.669. The summed E-state index contributed by atoms with van der Waals surface area (Å²) in [6.45, 7) is 2.88. The quantitative estimate of drug-likeness (QED) is 0.378. The van der Waals surface area contributed by atoms with Crippen LogP contribution in [0, 0.1) is 11.8 Å². The van der Waals surface area contributed by atoms with Gasteiger partial charge < -0.3 is 16.6 Å². The molecular formula is C9H16N6. The Morgan fingerprint density at radius 2 is 2.33 bits per heavy atom. The van der Waals surface area contributed by atoms with Crippen LogP contribution in [0.15, 0.2) is 10.3 Å². The van der Waals surface area contributed by atoms with E-state index in [1.165, 1.54) is 0 Å². The van der Waals surface area contributed by atoms with E-state index in [0.717, 1.165) is 24.2 Å². The molecule has 0 saturated carbocycles. The van der Waals surface area contributed by atoms with Gasteiger partial charge in [0.05, 0.1) is 12.2 Å². The van der Waals surface area contributed by atoms with Crippen LogP contribution >= 0.6 is 0 Å². The Morgan fingerprint density at radius 3 is 3.07 bits per heavy atom. The molecule has 0 spiro atoms. The van der Waals surface area contributed by atoms with Crippen molar-refractivity contribution in [1.29, 1.82) is 0 Å². The number of nitrogens with one attached hydrogen (secondary N) is 1. The SMILES string of the molecule is CC1Cc2nc(N)[nH]c2C[C@H]1CN=NN. The van der Waals surface area contributed by atoms with E-state index in [9.17, 15) is 0 Å². The number of nitrogens with zero attached hydrogens (tertiary/aromatic N) is 3. The number of nitrogen functional groups attached to an aromatic ring is 1. The van der Waals surface area contributed by atoms with Crippen molar-refractivity contribution >= 4 is 5.95 Å². The number of fused-ring (bicyclic) bond motifs is 1. The monoisotopic (exact) mass is 208 g/mol. The molecule has 5 N–H and O–H groups in total. The summed E-state index contributed by atoms with van der Waals surface area (Å²) >= 11 is 0. The lowest BCUT2D eigenvalue weighted by Gasteiger charge is -2.26. The fraction of sp³-hybridized carbons (Fsp3) is 0.667. The molecule has 6 heteroatoms. The number of rotatable bonds is 2.